The van der Waals surface area contributed by atoms with Crippen molar-refractivity contribution in [2.45, 2.75) is 117 Å². The quantitative estimate of drug-likeness (QED) is 0.127. The molecule has 0 aliphatic rings. The van der Waals surface area contributed by atoms with Gasteiger partial charge in [0, 0.05) is 6.42 Å². The first-order valence-corrected chi connectivity index (χ1v) is 12.0. The Morgan fingerprint density at radius 1 is 0.897 bits per heavy atom. The second kappa shape index (κ2) is 18.6. The first-order valence-electron chi connectivity index (χ1n) is 12.0. The van der Waals surface area contributed by atoms with Crippen molar-refractivity contribution in [3.63, 3.8) is 0 Å². The van der Waals surface area contributed by atoms with Crippen LogP contribution in [0.5, 0.6) is 0 Å². The van der Waals surface area contributed by atoms with E-state index in [9.17, 15) is 14.7 Å². The normalized spacial score (nSPS) is 15.0. The predicted molar refractivity (Wildman–Crippen MR) is 124 cm³/mol. The summed E-state index contributed by atoms with van der Waals surface area (Å²) in [7, 11) is 0. The third-order valence-electron chi connectivity index (χ3n) is 5.83. The number of carbonyl (C=O) groups is 2. The van der Waals surface area contributed by atoms with Crippen LogP contribution in [0.15, 0.2) is 24.3 Å². The summed E-state index contributed by atoms with van der Waals surface area (Å²) in [5.74, 6) is -0.421. The van der Waals surface area contributed by atoms with Gasteiger partial charge >= 0.3 is 5.97 Å². The third kappa shape index (κ3) is 15.2. The first kappa shape index (κ1) is 27.6. The zero-order chi connectivity index (χ0) is 21.8. The van der Waals surface area contributed by atoms with Crippen LogP contribution in [-0.4, -0.2) is 17.4 Å². The predicted octanol–water partition coefficient (Wildman–Crippen LogP) is 7.90. The molecule has 0 radical (unpaired) electrons. The summed E-state index contributed by atoms with van der Waals surface area (Å²) in [5, 5.41) is 9.63. The summed E-state index contributed by atoms with van der Waals surface area (Å²) in [6, 6.07) is 0. The molecule has 3 nitrogen and oxygen atoms in total. The Balaban J connectivity index is 4.38. The summed E-state index contributed by atoms with van der Waals surface area (Å²) >= 11 is 0. The van der Waals surface area contributed by atoms with Gasteiger partial charge < -0.3 is 9.90 Å². The van der Waals surface area contributed by atoms with Crippen molar-refractivity contribution in [1.82, 2.24) is 0 Å². The lowest BCUT2D eigenvalue weighted by molar-refractivity contribution is -0.150. The van der Waals surface area contributed by atoms with Crippen molar-refractivity contribution in [2.75, 3.05) is 0 Å². The van der Waals surface area contributed by atoms with E-state index in [1.807, 2.05) is 0 Å². The summed E-state index contributed by atoms with van der Waals surface area (Å²) in [4.78, 5) is 22.7. The first-order chi connectivity index (χ1) is 14.0. The minimum Gasteiger partial charge on any atom is -0.481 e. The zero-order valence-electron chi connectivity index (χ0n) is 19.3. The molecule has 0 amide bonds. The van der Waals surface area contributed by atoms with Crippen LogP contribution >= 0.6 is 0 Å². The number of hydrogen-bond acceptors (Lipinski definition) is 2. The van der Waals surface area contributed by atoms with E-state index in [1.165, 1.54) is 44.9 Å². The molecule has 0 heterocycles. The molecule has 0 spiro atoms. The van der Waals surface area contributed by atoms with Gasteiger partial charge in [-0.15, -0.1) is 0 Å². The molecule has 0 aromatic rings. The maximum Gasteiger partial charge on any atom is 0.309 e. The van der Waals surface area contributed by atoms with E-state index in [0.29, 0.717) is 12.3 Å². The maximum atomic E-state index is 11.7. The second-order valence-electron chi connectivity index (χ2n) is 8.73. The van der Waals surface area contributed by atoms with Crippen molar-refractivity contribution >= 4 is 12.3 Å². The monoisotopic (exact) mass is 406 g/mol. The summed E-state index contributed by atoms with van der Waals surface area (Å²) < 4.78 is 0. The molecule has 2 unspecified atom stereocenters. The lowest BCUT2D eigenvalue weighted by Gasteiger charge is -2.28. The van der Waals surface area contributed by atoms with E-state index in [1.54, 1.807) is 6.92 Å². The van der Waals surface area contributed by atoms with Gasteiger partial charge in [-0.2, -0.15) is 0 Å². The molecular formula is C26H46O3. The Morgan fingerprint density at radius 3 is 2.10 bits per heavy atom. The number of carbonyl (C=O) groups excluding carboxylic acids is 1. The Hall–Kier alpha value is -1.38. The highest BCUT2D eigenvalue weighted by Gasteiger charge is 2.35. The highest BCUT2D eigenvalue weighted by atomic mass is 16.4. The number of carboxylic acid groups (broad SMARTS) is 1. The SMILES string of the molecule is CCC=CCC=CCCCCCC(CCCCCCC)CC(C)(CC=O)C(=O)O. The topological polar surface area (TPSA) is 54.4 Å². The van der Waals surface area contributed by atoms with Crippen LogP contribution in [0.2, 0.25) is 0 Å². The van der Waals surface area contributed by atoms with Crippen molar-refractivity contribution in [3.8, 4) is 0 Å². The largest absolute Gasteiger partial charge is 0.481 e. The molecule has 0 bridgehead atoms. The number of rotatable bonds is 20. The van der Waals surface area contributed by atoms with Gasteiger partial charge in [-0.25, -0.2) is 0 Å². The van der Waals surface area contributed by atoms with Crippen molar-refractivity contribution in [2.24, 2.45) is 11.3 Å². The van der Waals surface area contributed by atoms with Crippen LogP contribution in [0.4, 0.5) is 0 Å². The Bertz CT molecular complexity index is 467. The number of aldehydes is 1. The van der Waals surface area contributed by atoms with Crippen molar-refractivity contribution in [1.29, 1.82) is 0 Å². The van der Waals surface area contributed by atoms with Crippen LogP contribution in [0.3, 0.4) is 0 Å². The lowest BCUT2D eigenvalue weighted by Crippen LogP contribution is -2.30. The minimum absolute atomic E-state index is 0.117. The highest BCUT2D eigenvalue weighted by molar-refractivity contribution is 5.77. The number of aliphatic carboxylic acids is 1. The number of hydrogen-bond donors (Lipinski definition) is 1. The van der Waals surface area contributed by atoms with E-state index < -0.39 is 11.4 Å². The van der Waals surface area contributed by atoms with Gasteiger partial charge in [-0.3, -0.25) is 4.79 Å². The number of allylic oxidation sites excluding steroid dienone is 4. The molecule has 0 aromatic heterocycles. The molecular weight excluding hydrogens is 360 g/mol. The van der Waals surface area contributed by atoms with E-state index in [0.717, 1.165) is 44.8 Å². The molecule has 0 aliphatic carbocycles. The molecule has 0 saturated carbocycles. The molecule has 29 heavy (non-hydrogen) atoms. The van der Waals surface area contributed by atoms with E-state index in [-0.39, 0.29) is 6.42 Å². The average molecular weight is 407 g/mol. The van der Waals surface area contributed by atoms with Crippen LogP contribution in [0, 0.1) is 11.3 Å². The summed E-state index contributed by atoms with van der Waals surface area (Å²) in [6.45, 7) is 6.11. The molecule has 0 fully saturated rings. The number of carboxylic acids is 1. The smallest absolute Gasteiger partial charge is 0.309 e. The molecule has 1 N–H and O–H groups in total. The van der Waals surface area contributed by atoms with E-state index in [4.69, 9.17) is 0 Å². The second-order valence-corrected chi connectivity index (χ2v) is 8.73. The van der Waals surface area contributed by atoms with E-state index >= 15 is 0 Å². The maximum absolute atomic E-state index is 11.7. The van der Waals surface area contributed by atoms with Gasteiger partial charge in [0.25, 0.3) is 0 Å². The molecule has 3 heteroatoms. The van der Waals surface area contributed by atoms with Crippen LogP contribution in [-0.2, 0) is 9.59 Å². The van der Waals surface area contributed by atoms with Gasteiger partial charge in [0.1, 0.15) is 6.29 Å². The molecule has 168 valence electrons. The number of unbranched alkanes of at least 4 members (excludes halogenated alkanes) is 7. The Kier molecular flexibility index (Phi) is 17.7. The van der Waals surface area contributed by atoms with Gasteiger partial charge in [-0.05, 0) is 44.9 Å². The van der Waals surface area contributed by atoms with Crippen molar-refractivity contribution < 1.29 is 14.7 Å². The molecule has 2 atom stereocenters. The third-order valence-corrected chi connectivity index (χ3v) is 5.83. The van der Waals surface area contributed by atoms with E-state index in [2.05, 4.69) is 38.2 Å². The summed E-state index contributed by atoms with van der Waals surface area (Å²) in [6.07, 6.45) is 25.6. The fourth-order valence-electron chi connectivity index (χ4n) is 3.89. The molecule has 0 rings (SSSR count). The fraction of sp³-hybridized carbons (Fsp3) is 0.769. The van der Waals surface area contributed by atoms with Gasteiger partial charge in [0.2, 0.25) is 0 Å². The fourth-order valence-corrected chi connectivity index (χ4v) is 3.89. The Morgan fingerprint density at radius 2 is 1.52 bits per heavy atom. The van der Waals surface area contributed by atoms with Crippen LogP contribution in [0.1, 0.15) is 117 Å². The standard InChI is InChI=1S/C26H46O3/c1-4-6-8-10-11-12-13-14-16-18-20-24(19-17-15-9-7-5-2)23-26(3,21-22-27)25(28)29/h6,8,11-12,22,24H,4-5,7,9-10,13-21,23H2,1-3H3,(H,28,29). The van der Waals surface area contributed by atoms with Gasteiger partial charge in [0.15, 0.2) is 0 Å². The highest BCUT2D eigenvalue weighted by Crippen LogP contribution is 2.34. The molecule has 0 saturated heterocycles. The molecule has 0 aromatic carbocycles. The summed E-state index contributed by atoms with van der Waals surface area (Å²) in [5.41, 5.74) is -0.912. The lowest BCUT2D eigenvalue weighted by atomic mass is 9.75. The van der Waals surface area contributed by atoms with Crippen molar-refractivity contribution in [3.05, 3.63) is 24.3 Å². The Labute approximate surface area is 180 Å². The minimum atomic E-state index is -0.912. The molecule has 0 aliphatic heterocycles. The van der Waals surface area contributed by atoms with Crippen LogP contribution in [0.25, 0.3) is 0 Å². The van der Waals surface area contributed by atoms with Gasteiger partial charge in [-0.1, -0.05) is 95.9 Å². The average Bonchev–Trinajstić information content (AvgIpc) is 2.69. The zero-order valence-corrected chi connectivity index (χ0v) is 19.3. The van der Waals surface area contributed by atoms with Gasteiger partial charge in [0.05, 0.1) is 5.41 Å². The van der Waals surface area contributed by atoms with Crippen LogP contribution < -0.4 is 0 Å².